The minimum Gasteiger partial charge on any atom is -0.481 e. The van der Waals surface area contributed by atoms with Crippen LogP contribution in [0, 0.1) is 11.3 Å². The van der Waals surface area contributed by atoms with E-state index in [2.05, 4.69) is 4.72 Å². The summed E-state index contributed by atoms with van der Waals surface area (Å²) >= 11 is 0. The van der Waals surface area contributed by atoms with Crippen molar-refractivity contribution < 1.29 is 27.9 Å². The van der Waals surface area contributed by atoms with E-state index in [1.165, 1.54) is 0 Å². The van der Waals surface area contributed by atoms with Crippen molar-refractivity contribution in [1.29, 1.82) is 5.41 Å². The first-order valence-corrected chi connectivity index (χ1v) is 10.9. The zero-order valence-corrected chi connectivity index (χ0v) is 17.0. The molecule has 0 radical (unpaired) electrons. The summed E-state index contributed by atoms with van der Waals surface area (Å²) in [7, 11) is -3.59. The van der Waals surface area contributed by atoms with Gasteiger partial charge in [0.1, 0.15) is 5.75 Å². The molecule has 0 amide bonds. The molecule has 1 aromatic rings. The van der Waals surface area contributed by atoms with Gasteiger partial charge in [-0.2, -0.15) is 0 Å². The normalized spacial score (nSPS) is 12.4. The number of sulfonamides is 1. The third-order valence-corrected chi connectivity index (χ3v) is 5.49. The lowest BCUT2D eigenvalue weighted by Crippen LogP contribution is -2.31. The highest BCUT2D eigenvalue weighted by Crippen LogP contribution is 2.15. The van der Waals surface area contributed by atoms with E-state index in [1.54, 1.807) is 31.2 Å². The Hall–Kier alpha value is -2.26. The maximum atomic E-state index is 11.9. The molecule has 0 heterocycles. The Labute approximate surface area is 165 Å². The van der Waals surface area contributed by atoms with Crippen LogP contribution in [-0.2, 0) is 19.6 Å². The summed E-state index contributed by atoms with van der Waals surface area (Å²) in [4.78, 5) is 22.4. The number of carboxylic acids is 1. The molecule has 1 rings (SSSR count). The van der Waals surface area contributed by atoms with Crippen LogP contribution in [0.2, 0.25) is 0 Å². The molecule has 3 N–H and O–H groups in total. The average Bonchev–Trinajstić information content (AvgIpc) is 2.58. The van der Waals surface area contributed by atoms with Gasteiger partial charge in [-0.15, -0.1) is 0 Å². The predicted molar refractivity (Wildman–Crippen MR) is 106 cm³/mol. The molecular weight excluding hydrogens is 384 g/mol. The number of benzene rings is 1. The fourth-order valence-electron chi connectivity index (χ4n) is 2.55. The van der Waals surface area contributed by atoms with E-state index < -0.39 is 27.9 Å². The van der Waals surface area contributed by atoms with Gasteiger partial charge in [0.2, 0.25) is 10.0 Å². The van der Waals surface area contributed by atoms with Crippen molar-refractivity contribution in [2.75, 3.05) is 12.3 Å². The van der Waals surface area contributed by atoms with Crippen molar-refractivity contribution in [3.63, 3.8) is 0 Å². The molecule has 0 saturated carbocycles. The quantitative estimate of drug-likeness (QED) is 0.197. The van der Waals surface area contributed by atoms with E-state index in [1.807, 2.05) is 6.92 Å². The predicted octanol–water partition coefficient (Wildman–Crippen LogP) is 2.57. The van der Waals surface area contributed by atoms with Crippen LogP contribution >= 0.6 is 0 Å². The topological polar surface area (TPSA) is 134 Å². The second-order valence-electron chi connectivity index (χ2n) is 6.71. The highest BCUT2D eigenvalue weighted by atomic mass is 32.2. The zero-order valence-electron chi connectivity index (χ0n) is 16.2. The Bertz CT molecular complexity index is 774. The number of esters is 1. The molecule has 1 aromatic carbocycles. The smallest absolute Gasteiger partial charge is 0.311 e. The number of hydrogen-bond acceptors (Lipinski definition) is 6. The summed E-state index contributed by atoms with van der Waals surface area (Å²) < 4.78 is 31.3. The third kappa shape index (κ3) is 9.61. The fraction of sp³-hybridized carbons (Fsp3) is 0.526. The van der Waals surface area contributed by atoms with Crippen LogP contribution in [0.5, 0.6) is 5.75 Å². The number of hydrogen-bond donors (Lipinski definition) is 3. The Morgan fingerprint density at radius 3 is 2.43 bits per heavy atom. The highest BCUT2D eigenvalue weighted by molar-refractivity contribution is 7.89. The molecule has 1 atom stereocenters. The fourth-order valence-corrected chi connectivity index (χ4v) is 3.99. The number of rotatable bonds is 13. The first-order valence-electron chi connectivity index (χ1n) is 9.20. The largest absolute Gasteiger partial charge is 0.481 e. The Morgan fingerprint density at radius 1 is 1.21 bits per heavy atom. The van der Waals surface area contributed by atoms with Gasteiger partial charge in [0.15, 0.2) is 0 Å². The molecule has 0 aliphatic heterocycles. The summed E-state index contributed by atoms with van der Waals surface area (Å²) in [5.41, 5.74) is 1.32. The van der Waals surface area contributed by atoms with Gasteiger partial charge in [0, 0.05) is 25.1 Å². The van der Waals surface area contributed by atoms with Crippen LogP contribution in [0.4, 0.5) is 0 Å². The van der Waals surface area contributed by atoms with Crippen LogP contribution in [0.1, 0.15) is 51.5 Å². The lowest BCUT2D eigenvalue weighted by Gasteiger charge is -2.11. The van der Waals surface area contributed by atoms with Gasteiger partial charge in [0.05, 0.1) is 5.75 Å². The number of carboxylic acid groups (broad SMARTS) is 1. The van der Waals surface area contributed by atoms with E-state index in [9.17, 15) is 18.0 Å². The first-order chi connectivity index (χ1) is 13.1. The lowest BCUT2D eigenvalue weighted by molar-refractivity contribution is -0.138. The van der Waals surface area contributed by atoms with E-state index in [4.69, 9.17) is 15.3 Å². The minimum absolute atomic E-state index is 0.0423. The van der Waals surface area contributed by atoms with Gasteiger partial charge >= 0.3 is 11.9 Å². The summed E-state index contributed by atoms with van der Waals surface area (Å²) in [6.07, 6.45) is 1.66. The molecule has 0 bridgehead atoms. The molecule has 0 aromatic heterocycles. The van der Waals surface area contributed by atoms with Gasteiger partial charge in [-0.3, -0.25) is 9.59 Å². The summed E-state index contributed by atoms with van der Waals surface area (Å²) in [5, 5.41) is 16.6. The Balaban J connectivity index is 2.35. The number of ether oxygens (including phenoxy) is 1. The number of nitrogens with one attached hydrogen (secondary N) is 2. The molecule has 0 saturated heterocycles. The molecule has 9 heteroatoms. The van der Waals surface area contributed by atoms with Crippen molar-refractivity contribution in [3.8, 4) is 5.75 Å². The van der Waals surface area contributed by atoms with Crippen LogP contribution in [0.3, 0.4) is 0 Å². The molecule has 1 unspecified atom stereocenters. The van der Waals surface area contributed by atoms with Crippen LogP contribution in [0.15, 0.2) is 24.3 Å². The number of carbonyl (C=O) groups excluding carboxylic acids is 1. The SMILES string of the molecule is CCCC(=N)c1ccc(OC(=O)CCCNS(=O)(=O)CC(C)CC(=O)O)cc1. The first kappa shape index (κ1) is 23.8. The van der Waals surface area contributed by atoms with Gasteiger partial charge in [0.25, 0.3) is 0 Å². The van der Waals surface area contributed by atoms with Crippen molar-refractivity contribution in [2.24, 2.45) is 5.92 Å². The lowest BCUT2D eigenvalue weighted by atomic mass is 10.1. The Kier molecular flexibility index (Phi) is 9.81. The van der Waals surface area contributed by atoms with Gasteiger partial charge in [-0.25, -0.2) is 13.1 Å². The van der Waals surface area contributed by atoms with Crippen molar-refractivity contribution in [2.45, 2.75) is 46.0 Å². The summed E-state index contributed by atoms with van der Waals surface area (Å²) in [6, 6.07) is 6.72. The zero-order chi connectivity index (χ0) is 21.2. The summed E-state index contributed by atoms with van der Waals surface area (Å²) in [5.74, 6) is -1.92. The highest BCUT2D eigenvalue weighted by Gasteiger charge is 2.17. The van der Waals surface area contributed by atoms with Gasteiger partial charge in [-0.1, -0.05) is 20.3 Å². The number of aliphatic carboxylic acids is 1. The van der Waals surface area contributed by atoms with E-state index in [0.717, 1.165) is 12.0 Å². The minimum atomic E-state index is -3.59. The number of carbonyl (C=O) groups is 2. The second kappa shape index (κ2) is 11.6. The molecule has 0 spiro atoms. The Morgan fingerprint density at radius 2 is 1.86 bits per heavy atom. The average molecular weight is 413 g/mol. The van der Waals surface area contributed by atoms with E-state index >= 15 is 0 Å². The second-order valence-corrected chi connectivity index (χ2v) is 8.56. The molecule has 28 heavy (non-hydrogen) atoms. The van der Waals surface area contributed by atoms with Crippen LogP contribution < -0.4 is 9.46 Å². The van der Waals surface area contributed by atoms with Crippen LogP contribution in [-0.4, -0.2) is 43.5 Å². The maximum Gasteiger partial charge on any atom is 0.311 e. The summed E-state index contributed by atoms with van der Waals surface area (Å²) in [6.45, 7) is 3.63. The standard InChI is InChI=1S/C19H28N2O6S/c1-3-5-17(20)15-7-9-16(10-8-15)27-19(24)6-4-11-21-28(25,26)13-14(2)12-18(22)23/h7-10,14,20-21H,3-6,11-13H2,1-2H3,(H,22,23). The van der Waals surface area contributed by atoms with Gasteiger partial charge < -0.3 is 15.3 Å². The molecule has 8 nitrogen and oxygen atoms in total. The molecule has 0 aliphatic rings. The third-order valence-electron chi connectivity index (χ3n) is 3.84. The molecule has 0 fully saturated rings. The monoisotopic (exact) mass is 412 g/mol. The maximum absolute atomic E-state index is 11.9. The molecular formula is C19H28N2O6S. The van der Waals surface area contributed by atoms with Crippen molar-refractivity contribution >= 4 is 27.7 Å². The van der Waals surface area contributed by atoms with Crippen molar-refractivity contribution in [1.82, 2.24) is 4.72 Å². The molecule has 0 aliphatic carbocycles. The van der Waals surface area contributed by atoms with Crippen molar-refractivity contribution in [3.05, 3.63) is 29.8 Å². The molecule has 156 valence electrons. The van der Waals surface area contributed by atoms with E-state index in [0.29, 0.717) is 17.9 Å². The van der Waals surface area contributed by atoms with E-state index in [-0.39, 0.29) is 31.6 Å². The van der Waals surface area contributed by atoms with Gasteiger partial charge in [-0.05, 0) is 48.6 Å². The van der Waals surface area contributed by atoms with Crippen LogP contribution in [0.25, 0.3) is 0 Å².